The SMILES string of the molecule is Cc1ccnc(NC(C)(C)CO)n1. The predicted molar refractivity (Wildman–Crippen MR) is 51.6 cm³/mol. The minimum atomic E-state index is -0.381. The van der Waals surface area contributed by atoms with Gasteiger partial charge in [0, 0.05) is 11.9 Å². The highest BCUT2D eigenvalue weighted by molar-refractivity contribution is 5.28. The van der Waals surface area contributed by atoms with Crippen LogP contribution < -0.4 is 5.32 Å². The fourth-order valence-corrected chi connectivity index (χ4v) is 0.851. The summed E-state index contributed by atoms with van der Waals surface area (Å²) in [6, 6.07) is 1.83. The van der Waals surface area contributed by atoms with Crippen molar-refractivity contribution in [1.29, 1.82) is 0 Å². The summed E-state index contributed by atoms with van der Waals surface area (Å²) < 4.78 is 0. The Bertz CT molecular complexity index is 286. The Morgan fingerprint density at radius 2 is 2.23 bits per heavy atom. The topological polar surface area (TPSA) is 58.0 Å². The normalized spacial score (nSPS) is 11.4. The van der Waals surface area contributed by atoms with E-state index in [1.54, 1.807) is 6.20 Å². The second-order valence-corrected chi connectivity index (χ2v) is 3.69. The number of aryl methyl sites for hydroxylation is 1. The van der Waals surface area contributed by atoms with Gasteiger partial charge in [-0.3, -0.25) is 0 Å². The van der Waals surface area contributed by atoms with E-state index in [-0.39, 0.29) is 12.1 Å². The molecule has 72 valence electrons. The van der Waals surface area contributed by atoms with E-state index in [1.807, 2.05) is 26.8 Å². The molecule has 0 saturated heterocycles. The molecule has 0 saturated carbocycles. The highest BCUT2D eigenvalue weighted by Gasteiger charge is 2.16. The molecule has 0 radical (unpaired) electrons. The van der Waals surface area contributed by atoms with E-state index in [0.717, 1.165) is 5.69 Å². The van der Waals surface area contributed by atoms with Crippen LogP contribution in [-0.4, -0.2) is 27.2 Å². The van der Waals surface area contributed by atoms with Gasteiger partial charge in [-0.2, -0.15) is 0 Å². The second-order valence-electron chi connectivity index (χ2n) is 3.69. The number of rotatable bonds is 3. The minimum Gasteiger partial charge on any atom is -0.394 e. The van der Waals surface area contributed by atoms with Crippen LogP contribution in [0, 0.1) is 6.92 Å². The van der Waals surface area contributed by atoms with Crippen molar-refractivity contribution in [2.45, 2.75) is 26.3 Å². The maximum Gasteiger partial charge on any atom is 0.223 e. The average Bonchev–Trinajstić information content (AvgIpc) is 2.03. The zero-order valence-electron chi connectivity index (χ0n) is 8.20. The summed E-state index contributed by atoms with van der Waals surface area (Å²) in [6.07, 6.45) is 1.69. The Morgan fingerprint density at radius 3 is 2.77 bits per heavy atom. The first-order chi connectivity index (χ1) is 6.03. The fourth-order valence-electron chi connectivity index (χ4n) is 0.851. The lowest BCUT2D eigenvalue weighted by atomic mass is 10.1. The van der Waals surface area contributed by atoms with E-state index >= 15 is 0 Å². The van der Waals surface area contributed by atoms with Crippen molar-refractivity contribution in [3.05, 3.63) is 18.0 Å². The monoisotopic (exact) mass is 181 g/mol. The Kier molecular flexibility index (Phi) is 2.83. The number of aliphatic hydroxyl groups is 1. The van der Waals surface area contributed by atoms with Gasteiger partial charge < -0.3 is 10.4 Å². The highest BCUT2D eigenvalue weighted by Crippen LogP contribution is 2.09. The van der Waals surface area contributed by atoms with Crippen molar-refractivity contribution in [1.82, 2.24) is 9.97 Å². The Morgan fingerprint density at radius 1 is 1.54 bits per heavy atom. The minimum absolute atomic E-state index is 0.0459. The van der Waals surface area contributed by atoms with E-state index in [4.69, 9.17) is 5.11 Å². The first-order valence-corrected chi connectivity index (χ1v) is 4.22. The summed E-state index contributed by atoms with van der Waals surface area (Å²) in [4.78, 5) is 8.21. The number of nitrogens with zero attached hydrogens (tertiary/aromatic N) is 2. The van der Waals surface area contributed by atoms with Gasteiger partial charge in [0.05, 0.1) is 12.1 Å². The summed E-state index contributed by atoms with van der Waals surface area (Å²) in [5.74, 6) is 0.555. The first kappa shape index (κ1) is 9.92. The molecule has 1 heterocycles. The number of hydrogen-bond acceptors (Lipinski definition) is 4. The maximum atomic E-state index is 9.01. The standard InChI is InChI=1S/C9H15N3O/c1-7-4-5-10-8(11-7)12-9(2,3)6-13/h4-5,13H,6H2,1-3H3,(H,10,11,12). The van der Waals surface area contributed by atoms with E-state index in [0.29, 0.717) is 5.95 Å². The number of aromatic nitrogens is 2. The summed E-state index contributed by atoms with van der Waals surface area (Å²) in [6.45, 7) is 5.72. The van der Waals surface area contributed by atoms with Crippen LogP contribution >= 0.6 is 0 Å². The van der Waals surface area contributed by atoms with Crippen molar-refractivity contribution < 1.29 is 5.11 Å². The third-order valence-electron chi connectivity index (χ3n) is 1.64. The molecule has 1 rings (SSSR count). The molecule has 0 aromatic carbocycles. The fraction of sp³-hybridized carbons (Fsp3) is 0.556. The summed E-state index contributed by atoms with van der Waals surface area (Å²) in [7, 11) is 0. The van der Waals surface area contributed by atoms with E-state index in [1.165, 1.54) is 0 Å². The average molecular weight is 181 g/mol. The quantitative estimate of drug-likeness (QED) is 0.729. The van der Waals surface area contributed by atoms with Crippen molar-refractivity contribution in [2.24, 2.45) is 0 Å². The zero-order chi connectivity index (χ0) is 9.90. The smallest absolute Gasteiger partial charge is 0.223 e. The largest absolute Gasteiger partial charge is 0.394 e. The van der Waals surface area contributed by atoms with Crippen molar-refractivity contribution >= 4 is 5.95 Å². The molecule has 4 heteroatoms. The van der Waals surface area contributed by atoms with Gasteiger partial charge in [0.15, 0.2) is 0 Å². The number of aliphatic hydroxyl groups excluding tert-OH is 1. The van der Waals surface area contributed by atoms with Crippen LogP contribution in [0.3, 0.4) is 0 Å². The predicted octanol–water partition coefficient (Wildman–Crippen LogP) is 0.968. The van der Waals surface area contributed by atoms with E-state index in [2.05, 4.69) is 15.3 Å². The molecule has 1 aromatic rings. The van der Waals surface area contributed by atoms with Gasteiger partial charge in [0.1, 0.15) is 0 Å². The summed E-state index contributed by atoms with van der Waals surface area (Å²) >= 11 is 0. The van der Waals surface area contributed by atoms with Crippen molar-refractivity contribution in [3.8, 4) is 0 Å². The molecule has 13 heavy (non-hydrogen) atoms. The van der Waals surface area contributed by atoms with Gasteiger partial charge >= 0.3 is 0 Å². The van der Waals surface area contributed by atoms with Gasteiger partial charge in [0.2, 0.25) is 5.95 Å². The van der Waals surface area contributed by atoms with Crippen molar-refractivity contribution in [3.63, 3.8) is 0 Å². The molecule has 4 nitrogen and oxygen atoms in total. The molecule has 0 bridgehead atoms. The maximum absolute atomic E-state index is 9.01. The first-order valence-electron chi connectivity index (χ1n) is 4.22. The van der Waals surface area contributed by atoms with Crippen LogP contribution in [0.15, 0.2) is 12.3 Å². The Hall–Kier alpha value is -1.16. The molecule has 0 aliphatic rings. The van der Waals surface area contributed by atoms with Crippen LogP contribution in [0.2, 0.25) is 0 Å². The lowest BCUT2D eigenvalue weighted by Crippen LogP contribution is -2.35. The van der Waals surface area contributed by atoms with Gasteiger partial charge in [-0.1, -0.05) is 0 Å². The molecule has 0 spiro atoms. The van der Waals surface area contributed by atoms with Gasteiger partial charge in [-0.25, -0.2) is 9.97 Å². The lowest BCUT2D eigenvalue weighted by molar-refractivity contribution is 0.233. The molecule has 0 amide bonds. The molecule has 0 aliphatic carbocycles. The molecule has 0 aliphatic heterocycles. The van der Waals surface area contributed by atoms with Gasteiger partial charge in [-0.15, -0.1) is 0 Å². The molecule has 1 aromatic heterocycles. The number of nitrogens with one attached hydrogen (secondary N) is 1. The lowest BCUT2D eigenvalue weighted by Gasteiger charge is -2.23. The van der Waals surface area contributed by atoms with Gasteiger partial charge in [-0.05, 0) is 26.8 Å². The second kappa shape index (κ2) is 3.70. The van der Waals surface area contributed by atoms with Crippen LogP contribution in [0.25, 0.3) is 0 Å². The zero-order valence-corrected chi connectivity index (χ0v) is 8.20. The summed E-state index contributed by atoms with van der Waals surface area (Å²) in [5, 5.41) is 12.0. The van der Waals surface area contributed by atoms with Crippen LogP contribution in [0.1, 0.15) is 19.5 Å². The molecule has 0 atom stereocenters. The third kappa shape index (κ3) is 2.99. The molecular formula is C9H15N3O. The summed E-state index contributed by atoms with van der Waals surface area (Å²) in [5.41, 5.74) is 0.527. The molecule has 2 N–H and O–H groups in total. The molecule has 0 fully saturated rings. The third-order valence-corrected chi connectivity index (χ3v) is 1.64. The van der Waals surface area contributed by atoms with Gasteiger partial charge in [0.25, 0.3) is 0 Å². The molecular weight excluding hydrogens is 166 g/mol. The highest BCUT2D eigenvalue weighted by atomic mass is 16.3. The molecule has 0 unspecified atom stereocenters. The number of hydrogen-bond donors (Lipinski definition) is 2. The Labute approximate surface area is 78.0 Å². The Balaban J connectivity index is 2.74. The van der Waals surface area contributed by atoms with E-state index < -0.39 is 0 Å². The van der Waals surface area contributed by atoms with Crippen LogP contribution in [-0.2, 0) is 0 Å². The van der Waals surface area contributed by atoms with Crippen molar-refractivity contribution in [2.75, 3.05) is 11.9 Å². The van der Waals surface area contributed by atoms with E-state index in [9.17, 15) is 0 Å². The van der Waals surface area contributed by atoms with Crippen LogP contribution in [0.5, 0.6) is 0 Å². The number of anilines is 1. The van der Waals surface area contributed by atoms with Crippen LogP contribution in [0.4, 0.5) is 5.95 Å².